The zero-order chi connectivity index (χ0) is 37.0. The zero-order valence-electron chi connectivity index (χ0n) is 30.5. The van der Waals surface area contributed by atoms with E-state index >= 15 is 0 Å². The van der Waals surface area contributed by atoms with E-state index in [1.165, 1.54) is 32.6 Å². The average Bonchev–Trinajstić information content (AvgIpc) is 3.61. The highest BCUT2D eigenvalue weighted by molar-refractivity contribution is 6.09. The molecule has 0 bridgehead atoms. The number of para-hydroxylation sites is 5. The summed E-state index contributed by atoms with van der Waals surface area (Å²) in [6.07, 6.45) is 0. The largest absolute Gasteiger partial charge is 0.453 e. The van der Waals surface area contributed by atoms with Crippen molar-refractivity contribution >= 4 is 66.7 Å². The number of aromatic nitrogens is 1. The van der Waals surface area contributed by atoms with E-state index < -0.39 is 0 Å². The summed E-state index contributed by atoms with van der Waals surface area (Å²) in [5.41, 5.74) is 12.2. The van der Waals surface area contributed by atoms with E-state index in [1.54, 1.807) is 0 Å². The van der Waals surface area contributed by atoms with E-state index in [2.05, 4.69) is 208 Å². The highest BCUT2D eigenvalue weighted by Gasteiger charge is 2.26. The molecule has 0 aliphatic carbocycles. The highest BCUT2D eigenvalue weighted by atomic mass is 16.5. The lowest BCUT2D eigenvalue weighted by Crippen LogP contribution is -2.15. The number of anilines is 6. The van der Waals surface area contributed by atoms with Gasteiger partial charge in [-0.1, -0.05) is 121 Å². The van der Waals surface area contributed by atoms with Crippen LogP contribution in [0.4, 0.5) is 34.1 Å². The Balaban J connectivity index is 0.991. The van der Waals surface area contributed by atoms with Crippen LogP contribution in [0.3, 0.4) is 0 Å². The van der Waals surface area contributed by atoms with E-state index in [-0.39, 0.29) is 0 Å². The van der Waals surface area contributed by atoms with Crippen LogP contribution in [0.2, 0.25) is 0 Å². The van der Waals surface area contributed by atoms with Crippen LogP contribution in [0.25, 0.3) is 49.4 Å². The maximum atomic E-state index is 6.54. The molecule has 1 aliphatic rings. The predicted octanol–water partition coefficient (Wildman–Crippen LogP) is 14.6. The first-order chi connectivity index (χ1) is 27.8. The van der Waals surface area contributed by atoms with E-state index in [0.717, 1.165) is 62.4 Å². The quantitative estimate of drug-likeness (QED) is 0.171. The fourth-order valence-electron chi connectivity index (χ4n) is 8.38. The second-order valence-electron chi connectivity index (χ2n) is 14.2. The van der Waals surface area contributed by atoms with Crippen molar-refractivity contribution in [3.63, 3.8) is 0 Å². The van der Waals surface area contributed by atoms with E-state index in [0.29, 0.717) is 0 Å². The van der Waals surface area contributed by atoms with Gasteiger partial charge < -0.3 is 19.1 Å². The molecule has 264 valence electrons. The molecule has 0 saturated carbocycles. The van der Waals surface area contributed by atoms with Crippen molar-refractivity contribution in [3.05, 3.63) is 212 Å². The maximum absolute atomic E-state index is 6.54. The maximum Gasteiger partial charge on any atom is 0.152 e. The molecule has 0 spiro atoms. The van der Waals surface area contributed by atoms with Gasteiger partial charge in [0.15, 0.2) is 11.5 Å². The minimum atomic E-state index is 0.829. The number of rotatable bonds is 6. The number of nitrogens with zero attached hydrogens (tertiary/aromatic N) is 3. The molecule has 56 heavy (non-hydrogen) atoms. The molecule has 1 aliphatic heterocycles. The highest BCUT2D eigenvalue weighted by Crippen LogP contribution is 2.51. The Kier molecular flexibility index (Phi) is 7.46. The van der Waals surface area contributed by atoms with Crippen LogP contribution in [-0.2, 0) is 0 Å². The van der Waals surface area contributed by atoms with Crippen molar-refractivity contribution in [2.75, 3.05) is 9.80 Å². The van der Waals surface area contributed by atoms with Gasteiger partial charge in [-0.25, -0.2) is 0 Å². The first-order valence-corrected chi connectivity index (χ1v) is 19.0. The van der Waals surface area contributed by atoms with Gasteiger partial charge in [0, 0.05) is 38.9 Å². The van der Waals surface area contributed by atoms with Crippen molar-refractivity contribution < 1.29 is 4.74 Å². The summed E-state index contributed by atoms with van der Waals surface area (Å²) in [7, 11) is 0. The van der Waals surface area contributed by atoms with Gasteiger partial charge in [-0.15, -0.1) is 0 Å². The molecule has 11 rings (SSSR count). The minimum absolute atomic E-state index is 0.829. The summed E-state index contributed by atoms with van der Waals surface area (Å²) < 4.78 is 8.91. The Labute approximate surface area is 325 Å². The lowest BCUT2D eigenvalue weighted by Gasteiger charge is -2.33. The molecule has 0 fully saturated rings. The Morgan fingerprint density at radius 1 is 0.375 bits per heavy atom. The third-order valence-electron chi connectivity index (χ3n) is 11.0. The van der Waals surface area contributed by atoms with Gasteiger partial charge in [0.1, 0.15) is 0 Å². The third-order valence-corrected chi connectivity index (χ3v) is 11.0. The van der Waals surface area contributed by atoms with Crippen molar-refractivity contribution in [2.24, 2.45) is 0 Å². The second kappa shape index (κ2) is 13.1. The second-order valence-corrected chi connectivity index (χ2v) is 14.2. The smallest absolute Gasteiger partial charge is 0.152 e. The van der Waals surface area contributed by atoms with Gasteiger partial charge in [-0.2, -0.15) is 0 Å². The SMILES string of the molecule is c1ccc(N2c3ccccc3Oc3cc(-c4ccc(N(c5ccc(-n6c7ccccc7c7ccccc76)cc5)c5cccc6ccccc56)cc4)ccc32)cc1. The van der Waals surface area contributed by atoms with Crippen molar-refractivity contribution in [1.29, 1.82) is 0 Å². The van der Waals surface area contributed by atoms with Crippen LogP contribution in [-0.4, -0.2) is 4.57 Å². The number of benzene rings is 9. The molecular formula is C52H35N3O. The summed E-state index contributed by atoms with van der Waals surface area (Å²) in [6, 6.07) is 75.5. The molecule has 0 atom stereocenters. The van der Waals surface area contributed by atoms with Crippen molar-refractivity contribution in [1.82, 2.24) is 4.57 Å². The van der Waals surface area contributed by atoms with Crippen LogP contribution >= 0.6 is 0 Å². The monoisotopic (exact) mass is 717 g/mol. The Morgan fingerprint density at radius 2 is 0.946 bits per heavy atom. The summed E-state index contributed by atoms with van der Waals surface area (Å²) in [5, 5.41) is 4.91. The fraction of sp³-hybridized carbons (Fsp3) is 0. The molecule has 0 unspecified atom stereocenters. The van der Waals surface area contributed by atoms with Crippen LogP contribution < -0.4 is 14.5 Å². The van der Waals surface area contributed by atoms with Crippen molar-refractivity contribution in [3.8, 4) is 28.3 Å². The Bertz CT molecular complexity index is 3000. The number of fused-ring (bicyclic) bond motifs is 6. The topological polar surface area (TPSA) is 20.6 Å². The molecular weight excluding hydrogens is 683 g/mol. The molecule has 0 N–H and O–H groups in total. The van der Waals surface area contributed by atoms with Gasteiger partial charge >= 0.3 is 0 Å². The summed E-state index contributed by atoms with van der Waals surface area (Å²) >= 11 is 0. The molecule has 0 radical (unpaired) electrons. The number of hydrogen-bond acceptors (Lipinski definition) is 3. The molecule has 10 aromatic rings. The lowest BCUT2D eigenvalue weighted by atomic mass is 10.0. The molecule has 0 amide bonds. The average molecular weight is 718 g/mol. The molecule has 2 heterocycles. The van der Waals surface area contributed by atoms with Crippen LogP contribution in [0.5, 0.6) is 11.5 Å². The predicted molar refractivity (Wildman–Crippen MR) is 233 cm³/mol. The minimum Gasteiger partial charge on any atom is -0.453 e. The summed E-state index contributed by atoms with van der Waals surface area (Å²) in [4.78, 5) is 4.64. The van der Waals surface area contributed by atoms with Crippen LogP contribution in [0.15, 0.2) is 212 Å². The van der Waals surface area contributed by atoms with Gasteiger partial charge in [0.05, 0.1) is 28.1 Å². The van der Waals surface area contributed by atoms with Gasteiger partial charge in [-0.3, -0.25) is 0 Å². The molecule has 9 aromatic carbocycles. The Morgan fingerprint density at radius 3 is 1.70 bits per heavy atom. The third kappa shape index (κ3) is 5.23. The van der Waals surface area contributed by atoms with Crippen LogP contribution in [0.1, 0.15) is 0 Å². The first-order valence-electron chi connectivity index (χ1n) is 19.0. The van der Waals surface area contributed by atoms with Crippen molar-refractivity contribution in [2.45, 2.75) is 0 Å². The molecule has 0 saturated heterocycles. The van der Waals surface area contributed by atoms with Gasteiger partial charge in [-0.05, 0) is 108 Å². The van der Waals surface area contributed by atoms with E-state index in [9.17, 15) is 0 Å². The van der Waals surface area contributed by atoms with E-state index in [1.807, 2.05) is 18.2 Å². The van der Waals surface area contributed by atoms with Gasteiger partial charge in [0.2, 0.25) is 0 Å². The molecule has 1 aromatic heterocycles. The Hall–Kier alpha value is -7.56. The molecule has 4 nitrogen and oxygen atoms in total. The van der Waals surface area contributed by atoms with E-state index in [4.69, 9.17) is 4.74 Å². The normalized spacial score (nSPS) is 12.0. The standard InChI is InChI=1S/C52H35N3O/c1-2-15-39(16-3-1)55-49-22-10-11-24-51(49)56-52-35-38(27-34-50(52)55)36-25-28-40(29-26-36)53(46-23-12-14-37-13-4-5-17-43(37)46)41-30-32-42(33-31-41)54-47-20-8-6-18-44(47)45-19-7-9-21-48(45)54/h1-35H. The number of ether oxygens (including phenoxy) is 1. The zero-order valence-corrected chi connectivity index (χ0v) is 30.5. The summed E-state index contributed by atoms with van der Waals surface area (Å²) in [5.74, 6) is 1.67. The van der Waals surface area contributed by atoms with Crippen LogP contribution in [0, 0.1) is 0 Å². The lowest BCUT2D eigenvalue weighted by molar-refractivity contribution is 0.477. The molecule has 4 heteroatoms. The summed E-state index contributed by atoms with van der Waals surface area (Å²) in [6.45, 7) is 0. The first kappa shape index (κ1) is 31.9. The van der Waals surface area contributed by atoms with Gasteiger partial charge in [0.25, 0.3) is 0 Å². The number of hydrogen-bond donors (Lipinski definition) is 0. The fourth-order valence-corrected chi connectivity index (χ4v) is 8.38.